The Balaban J connectivity index is 1.50. The number of nitrogens with zero attached hydrogens (tertiary/aromatic N) is 1. The summed E-state index contributed by atoms with van der Waals surface area (Å²) in [6, 6.07) is 19.6. The second-order valence-electron chi connectivity index (χ2n) is 9.38. The normalized spacial score (nSPS) is 13.9. The van der Waals surface area contributed by atoms with Crippen LogP contribution in [0.1, 0.15) is 49.7 Å². The Morgan fingerprint density at radius 3 is 2.37 bits per heavy atom. The van der Waals surface area contributed by atoms with Crippen LogP contribution in [0.2, 0.25) is 0 Å². The maximum absolute atomic E-state index is 12.4. The number of hydrogen-bond acceptors (Lipinski definition) is 9. The quantitative estimate of drug-likeness (QED) is 0.156. The Bertz CT molecular complexity index is 1430. The highest BCUT2D eigenvalue weighted by Gasteiger charge is 2.31. The molecule has 1 aliphatic heterocycles. The average molecular weight is 559 g/mol. The number of fused-ring (bicyclic) bond motifs is 1. The number of methoxy groups -OCH3 is 2. The minimum absolute atomic E-state index is 0.0217. The van der Waals surface area contributed by atoms with Crippen molar-refractivity contribution in [3.05, 3.63) is 83.2 Å². The first-order valence-corrected chi connectivity index (χ1v) is 13.5. The van der Waals surface area contributed by atoms with Gasteiger partial charge in [-0.15, -0.1) is 0 Å². The molecule has 0 saturated heterocycles. The summed E-state index contributed by atoms with van der Waals surface area (Å²) < 4.78 is 33.4. The third-order valence-corrected chi connectivity index (χ3v) is 6.61. The molecule has 3 aromatic carbocycles. The van der Waals surface area contributed by atoms with Crippen molar-refractivity contribution >= 4 is 5.97 Å². The van der Waals surface area contributed by atoms with Gasteiger partial charge in [-0.1, -0.05) is 38.3 Å². The Morgan fingerprint density at radius 1 is 0.902 bits per heavy atom. The Morgan fingerprint density at radius 2 is 1.66 bits per heavy atom. The number of esters is 1. The molecule has 0 aromatic heterocycles. The molecule has 9 heteroatoms. The molecule has 4 rings (SSSR count). The highest BCUT2D eigenvalue weighted by Crippen LogP contribution is 2.45. The van der Waals surface area contributed by atoms with Crippen LogP contribution < -0.4 is 34.2 Å². The van der Waals surface area contributed by atoms with Gasteiger partial charge in [0, 0.05) is 11.6 Å². The summed E-state index contributed by atoms with van der Waals surface area (Å²) in [6.45, 7) is 2.47. The fourth-order valence-corrected chi connectivity index (χ4v) is 4.51. The Hall–Kier alpha value is -4.84. The van der Waals surface area contributed by atoms with E-state index in [0.717, 1.165) is 24.8 Å². The van der Waals surface area contributed by atoms with Crippen LogP contribution >= 0.6 is 0 Å². The van der Waals surface area contributed by atoms with Gasteiger partial charge in [0.1, 0.15) is 34.6 Å². The van der Waals surface area contributed by atoms with Gasteiger partial charge in [0.25, 0.3) is 0 Å². The lowest BCUT2D eigenvalue weighted by molar-refractivity contribution is -0.136. The number of carbonyl (C=O) groups excluding carboxylic acids is 1. The summed E-state index contributed by atoms with van der Waals surface area (Å²) in [5.41, 5.74) is 7.91. The average Bonchev–Trinajstić information content (AvgIpc) is 2.99. The van der Waals surface area contributed by atoms with E-state index in [0.29, 0.717) is 40.9 Å². The van der Waals surface area contributed by atoms with Crippen LogP contribution in [0.3, 0.4) is 0 Å². The Labute approximate surface area is 240 Å². The summed E-state index contributed by atoms with van der Waals surface area (Å²) >= 11 is 0. The van der Waals surface area contributed by atoms with Gasteiger partial charge in [-0.25, -0.2) is 4.79 Å². The number of rotatable bonds is 13. The number of nitriles is 1. The van der Waals surface area contributed by atoms with Crippen LogP contribution in [0.15, 0.2) is 72.1 Å². The SMILES string of the molecule is CCCCCCOc1ccc(C2C(C#N)=C(N)Oc3cc(OC(=O)COc4ccc(OC)cc4)ccc32)cc1OC. The first-order chi connectivity index (χ1) is 20.0. The minimum atomic E-state index is -0.593. The van der Waals surface area contributed by atoms with Crippen molar-refractivity contribution in [1.82, 2.24) is 0 Å². The van der Waals surface area contributed by atoms with Crippen LogP contribution in [0.4, 0.5) is 0 Å². The molecule has 1 heterocycles. The van der Waals surface area contributed by atoms with E-state index in [1.165, 1.54) is 6.42 Å². The van der Waals surface area contributed by atoms with Crippen molar-refractivity contribution < 1.29 is 33.2 Å². The fraction of sp³-hybridized carbons (Fsp3) is 0.312. The summed E-state index contributed by atoms with van der Waals surface area (Å²) in [6.07, 6.45) is 4.40. The van der Waals surface area contributed by atoms with Gasteiger partial charge in [-0.3, -0.25) is 0 Å². The van der Waals surface area contributed by atoms with Crippen LogP contribution in [0.25, 0.3) is 0 Å². The van der Waals surface area contributed by atoms with Gasteiger partial charge in [-0.05, 0) is 54.4 Å². The molecule has 0 saturated carbocycles. The van der Waals surface area contributed by atoms with Crippen molar-refractivity contribution in [2.75, 3.05) is 27.4 Å². The lowest BCUT2D eigenvalue weighted by Crippen LogP contribution is -2.22. The minimum Gasteiger partial charge on any atom is -0.497 e. The molecular formula is C32H34N2O7. The molecular weight excluding hydrogens is 524 g/mol. The maximum Gasteiger partial charge on any atom is 0.349 e. The van der Waals surface area contributed by atoms with Crippen LogP contribution in [0, 0.1) is 11.3 Å². The van der Waals surface area contributed by atoms with E-state index in [1.807, 2.05) is 18.2 Å². The van der Waals surface area contributed by atoms with Gasteiger partial charge in [0.05, 0.1) is 26.7 Å². The largest absolute Gasteiger partial charge is 0.497 e. The summed E-state index contributed by atoms with van der Waals surface area (Å²) in [5.74, 6) is 1.88. The van der Waals surface area contributed by atoms with Crippen LogP contribution in [-0.2, 0) is 4.79 Å². The molecule has 1 atom stereocenters. The number of ether oxygens (including phenoxy) is 6. The monoisotopic (exact) mass is 558 g/mol. The zero-order valence-electron chi connectivity index (χ0n) is 23.5. The maximum atomic E-state index is 12.4. The van der Waals surface area contributed by atoms with Crippen LogP contribution in [0.5, 0.6) is 34.5 Å². The molecule has 3 aromatic rings. The molecule has 0 aliphatic carbocycles. The van der Waals surface area contributed by atoms with E-state index in [2.05, 4.69) is 13.0 Å². The molecule has 0 bridgehead atoms. The van der Waals surface area contributed by atoms with Gasteiger partial charge in [-0.2, -0.15) is 5.26 Å². The van der Waals surface area contributed by atoms with Crippen molar-refractivity contribution in [3.63, 3.8) is 0 Å². The molecule has 0 spiro atoms. The Kier molecular flexibility index (Phi) is 9.94. The number of allylic oxidation sites excluding steroid dienone is 1. The molecule has 41 heavy (non-hydrogen) atoms. The van der Waals surface area contributed by atoms with Gasteiger partial charge in [0.2, 0.25) is 5.88 Å². The zero-order valence-corrected chi connectivity index (χ0v) is 23.5. The van der Waals surface area contributed by atoms with Gasteiger partial charge >= 0.3 is 5.97 Å². The lowest BCUT2D eigenvalue weighted by atomic mass is 9.83. The number of nitrogens with two attached hydrogens (primary N) is 1. The second-order valence-corrected chi connectivity index (χ2v) is 9.38. The third-order valence-electron chi connectivity index (χ3n) is 6.61. The van der Waals surface area contributed by atoms with E-state index >= 15 is 0 Å². The molecule has 214 valence electrons. The molecule has 0 radical (unpaired) electrons. The molecule has 1 aliphatic rings. The standard InChI is InChI=1S/C32H34N2O7/c1-4-5-6-7-16-38-27-15-8-21(17-29(27)37-3)31-25-14-13-24(18-28(25)41-32(34)26(31)19-33)40-30(35)20-39-23-11-9-22(36-2)10-12-23/h8-15,17-18,31H,4-7,16,20,34H2,1-3H3. The van der Waals surface area contributed by atoms with Crippen LogP contribution in [-0.4, -0.2) is 33.4 Å². The highest BCUT2D eigenvalue weighted by atomic mass is 16.6. The molecule has 9 nitrogen and oxygen atoms in total. The van der Waals surface area contributed by atoms with Crippen molar-refractivity contribution in [3.8, 4) is 40.6 Å². The number of hydrogen-bond donors (Lipinski definition) is 1. The second kappa shape index (κ2) is 14.0. The lowest BCUT2D eigenvalue weighted by Gasteiger charge is -2.27. The van der Waals surface area contributed by atoms with E-state index in [4.69, 9.17) is 34.2 Å². The predicted molar refractivity (Wildman–Crippen MR) is 152 cm³/mol. The van der Waals surface area contributed by atoms with E-state index in [-0.39, 0.29) is 23.8 Å². The summed E-state index contributed by atoms with van der Waals surface area (Å²) in [4.78, 5) is 12.4. The van der Waals surface area contributed by atoms with Crippen molar-refractivity contribution in [2.24, 2.45) is 5.73 Å². The summed E-state index contributed by atoms with van der Waals surface area (Å²) in [5, 5.41) is 9.93. The molecule has 0 amide bonds. The van der Waals surface area contributed by atoms with Crippen molar-refractivity contribution in [2.45, 2.75) is 38.5 Å². The highest BCUT2D eigenvalue weighted by molar-refractivity contribution is 5.74. The van der Waals surface area contributed by atoms with Crippen molar-refractivity contribution in [1.29, 1.82) is 5.26 Å². The summed E-state index contributed by atoms with van der Waals surface area (Å²) in [7, 11) is 3.15. The van der Waals surface area contributed by atoms with Gasteiger partial charge < -0.3 is 34.2 Å². The molecule has 1 unspecified atom stereocenters. The zero-order chi connectivity index (χ0) is 29.2. The molecule has 0 fully saturated rings. The molecule has 2 N–H and O–H groups in total. The topological polar surface area (TPSA) is 122 Å². The first-order valence-electron chi connectivity index (χ1n) is 13.5. The number of benzene rings is 3. The first kappa shape index (κ1) is 29.2. The fourth-order valence-electron chi connectivity index (χ4n) is 4.51. The third kappa shape index (κ3) is 7.22. The van der Waals surface area contributed by atoms with Gasteiger partial charge in [0.15, 0.2) is 18.1 Å². The van der Waals surface area contributed by atoms with E-state index in [9.17, 15) is 10.1 Å². The predicted octanol–water partition coefficient (Wildman–Crippen LogP) is 5.87. The van der Waals surface area contributed by atoms with E-state index in [1.54, 1.807) is 56.7 Å². The number of unbranched alkanes of at least 4 members (excludes halogenated alkanes) is 3. The smallest absolute Gasteiger partial charge is 0.349 e. The number of carbonyl (C=O) groups is 1. The van der Waals surface area contributed by atoms with E-state index < -0.39 is 11.9 Å².